The van der Waals surface area contributed by atoms with Crippen LogP contribution in [0.2, 0.25) is 0 Å². The molecule has 4 rings (SSSR count). The van der Waals surface area contributed by atoms with E-state index in [0.717, 1.165) is 27.8 Å². The maximum Gasteiger partial charge on any atom is 0.293 e. The van der Waals surface area contributed by atoms with E-state index in [1.54, 1.807) is 49.6 Å². The molecule has 1 N–H and O–H groups in total. The number of ether oxygens (including phenoxy) is 4. The molecule has 0 aliphatic carbocycles. The Bertz CT molecular complexity index is 1130. The molecule has 0 atom stereocenters. The number of imide groups is 1. The van der Waals surface area contributed by atoms with Gasteiger partial charge in [0.25, 0.3) is 11.1 Å². The number of fused-ring (bicyclic) bond motifs is 1. The van der Waals surface area contributed by atoms with Crippen molar-refractivity contribution < 1.29 is 33.3 Å². The third-order valence-electron chi connectivity index (χ3n) is 5.04. The van der Waals surface area contributed by atoms with Gasteiger partial charge >= 0.3 is 0 Å². The molecule has 2 aromatic rings. The zero-order chi connectivity index (χ0) is 23.4. The Morgan fingerprint density at radius 1 is 1.09 bits per heavy atom. The summed E-state index contributed by atoms with van der Waals surface area (Å²) in [6.07, 6.45) is 1.77. The summed E-state index contributed by atoms with van der Waals surface area (Å²) in [6, 6.07) is 10.5. The van der Waals surface area contributed by atoms with Gasteiger partial charge in [0.2, 0.25) is 12.7 Å². The van der Waals surface area contributed by atoms with E-state index < -0.39 is 5.91 Å². The van der Waals surface area contributed by atoms with Gasteiger partial charge in [-0.15, -0.1) is 0 Å². The van der Waals surface area contributed by atoms with Crippen LogP contribution in [0.15, 0.2) is 41.3 Å². The molecule has 0 saturated carbocycles. The topological polar surface area (TPSA) is 103 Å². The summed E-state index contributed by atoms with van der Waals surface area (Å²) in [6.45, 7) is 0.398. The fraction of sp³-hybridized carbons (Fsp3) is 0.261. The van der Waals surface area contributed by atoms with Crippen LogP contribution in [-0.4, -0.2) is 56.1 Å². The molecule has 1 saturated heterocycles. The number of hydrogen-bond donors (Lipinski definition) is 1. The lowest BCUT2D eigenvalue weighted by Crippen LogP contribution is -2.37. The Morgan fingerprint density at radius 2 is 1.88 bits per heavy atom. The standard InChI is InChI=1S/C23H22N2O7S/c1-29-16-5-3-15(9-18(16)30-2)12-21(26)24-7-8-25-22(27)20(33-23(25)28)11-14-4-6-17-19(10-14)32-13-31-17/h3-6,9-11H,7-8,12-13H2,1-2H3,(H,24,26). The van der Waals surface area contributed by atoms with Crippen molar-refractivity contribution in [3.8, 4) is 23.0 Å². The smallest absolute Gasteiger partial charge is 0.293 e. The highest BCUT2D eigenvalue weighted by Crippen LogP contribution is 2.36. The molecule has 1 fully saturated rings. The van der Waals surface area contributed by atoms with Gasteiger partial charge in [0.05, 0.1) is 25.5 Å². The van der Waals surface area contributed by atoms with Crippen LogP contribution in [0.5, 0.6) is 23.0 Å². The van der Waals surface area contributed by atoms with E-state index in [-0.39, 0.29) is 37.4 Å². The minimum atomic E-state index is -0.392. The Balaban J connectivity index is 1.31. The van der Waals surface area contributed by atoms with E-state index in [1.807, 2.05) is 0 Å². The Hall–Kier alpha value is -3.66. The molecule has 2 heterocycles. The number of benzene rings is 2. The number of nitrogens with one attached hydrogen (secondary N) is 1. The van der Waals surface area contributed by atoms with Gasteiger partial charge in [0, 0.05) is 13.1 Å². The van der Waals surface area contributed by atoms with Crippen molar-refractivity contribution in [2.45, 2.75) is 6.42 Å². The maximum atomic E-state index is 12.7. The first-order chi connectivity index (χ1) is 16.0. The fourth-order valence-electron chi connectivity index (χ4n) is 3.39. The third-order valence-corrected chi connectivity index (χ3v) is 5.95. The molecular formula is C23H22N2O7S. The molecule has 2 aliphatic heterocycles. The second kappa shape index (κ2) is 9.86. The number of carbonyl (C=O) groups excluding carboxylic acids is 3. The van der Waals surface area contributed by atoms with E-state index >= 15 is 0 Å². The van der Waals surface area contributed by atoms with Gasteiger partial charge in [-0.2, -0.15) is 0 Å². The van der Waals surface area contributed by atoms with Gasteiger partial charge in [-0.25, -0.2) is 0 Å². The van der Waals surface area contributed by atoms with Crippen LogP contribution in [0.4, 0.5) is 4.79 Å². The summed E-state index contributed by atoms with van der Waals surface area (Å²) in [5.41, 5.74) is 1.48. The van der Waals surface area contributed by atoms with Gasteiger partial charge in [0.1, 0.15) is 0 Å². The first kappa shape index (κ1) is 22.5. The Kier molecular flexibility index (Phi) is 6.74. The molecule has 2 aromatic carbocycles. The molecule has 0 aromatic heterocycles. The predicted octanol–water partition coefficient (Wildman–Crippen LogP) is 2.83. The van der Waals surface area contributed by atoms with Gasteiger partial charge in [0.15, 0.2) is 23.0 Å². The molecule has 9 nitrogen and oxygen atoms in total. The van der Waals surface area contributed by atoms with Crippen molar-refractivity contribution in [3.05, 3.63) is 52.4 Å². The minimum Gasteiger partial charge on any atom is -0.493 e. The monoisotopic (exact) mass is 470 g/mol. The summed E-state index contributed by atoms with van der Waals surface area (Å²) < 4.78 is 21.1. The van der Waals surface area contributed by atoms with Crippen molar-refractivity contribution in [1.29, 1.82) is 0 Å². The summed E-state index contributed by atoms with van der Waals surface area (Å²) >= 11 is 0.867. The van der Waals surface area contributed by atoms with Crippen molar-refractivity contribution in [1.82, 2.24) is 10.2 Å². The van der Waals surface area contributed by atoms with Crippen LogP contribution in [0.25, 0.3) is 6.08 Å². The molecule has 172 valence electrons. The van der Waals surface area contributed by atoms with Crippen molar-refractivity contribution in [2.75, 3.05) is 34.1 Å². The van der Waals surface area contributed by atoms with Crippen LogP contribution >= 0.6 is 11.8 Å². The molecule has 10 heteroatoms. The molecule has 0 bridgehead atoms. The van der Waals surface area contributed by atoms with Gasteiger partial charge in [-0.3, -0.25) is 19.3 Å². The average Bonchev–Trinajstić information content (AvgIpc) is 3.38. The van der Waals surface area contributed by atoms with Crippen LogP contribution in [0, 0.1) is 0 Å². The van der Waals surface area contributed by atoms with Crippen LogP contribution in [0.3, 0.4) is 0 Å². The SMILES string of the molecule is COc1ccc(CC(=O)NCCN2C(=O)SC(=Cc3ccc4c(c3)OCO4)C2=O)cc1OC. The van der Waals surface area contributed by atoms with Crippen LogP contribution in [-0.2, 0) is 16.0 Å². The Labute approximate surface area is 194 Å². The second-order valence-electron chi connectivity index (χ2n) is 7.16. The van der Waals surface area contributed by atoms with E-state index in [1.165, 1.54) is 7.11 Å². The predicted molar refractivity (Wildman–Crippen MR) is 122 cm³/mol. The first-order valence-corrected chi connectivity index (χ1v) is 10.9. The first-order valence-electron chi connectivity index (χ1n) is 10.1. The number of nitrogens with zero attached hydrogens (tertiary/aromatic N) is 1. The highest BCUT2D eigenvalue weighted by atomic mass is 32.2. The van der Waals surface area contributed by atoms with Crippen molar-refractivity contribution >= 4 is 34.9 Å². The number of methoxy groups -OCH3 is 2. The molecular weight excluding hydrogens is 448 g/mol. The van der Waals surface area contributed by atoms with Gasteiger partial charge < -0.3 is 24.3 Å². The van der Waals surface area contributed by atoms with E-state index in [4.69, 9.17) is 18.9 Å². The van der Waals surface area contributed by atoms with Gasteiger partial charge in [-0.05, 0) is 53.2 Å². The zero-order valence-electron chi connectivity index (χ0n) is 18.1. The fourth-order valence-corrected chi connectivity index (χ4v) is 4.26. The molecule has 0 unspecified atom stereocenters. The molecule has 2 aliphatic rings. The minimum absolute atomic E-state index is 0.0841. The Morgan fingerprint density at radius 3 is 2.67 bits per heavy atom. The summed E-state index contributed by atoms with van der Waals surface area (Å²) in [5.74, 6) is 1.73. The van der Waals surface area contributed by atoms with Crippen LogP contribution in [0.1, 0.15) is 11.1 Å². The summed E-state index contributed by atoms with van der Waals surface area (Å²) in [5, 5.41) is 2.37. The van der Waals surface area contributed by atoms with Crippen LogP contribution < -0.4 is 24.3 Å². The molecule has 0 spiro atoms. The number of amides is 3. The van der Waals surface area contributed by atoms with Crippen molar-refractivity contribution in [3.63, 3.8) is 0 Å². The average molecular weight is 471 g/mol. The normalized spacial score (nSPS) is 15.8. The van der Waals surface area contributed by atoms with E-state index in [9.17, 15) is 14.4 Å². The molecule has 33 heavy (non-hydrogen) atoms. The van der Waals surface area contributed by atoms with E-state index in [2.05, 4.69) is 5.32 Å². The lowest BCUT2D eigenvalue weighted by atomic mass is 10.1. The third kappa shape index (κ3) is 5.06. The highest BCUT2D eigenvalue weighted by Gasteiger charge is 2.34. The second-order valence-corrected chi connectivity index (χ2v) is 8.16. The van der Waals surface area contributed by atoms with Gasteiger partial charge in [-0.1, -0.05) is 12.1 Å². The summed E-state index contributed by atoms with van der Waals surface area (Å²) in [7, 11) is 3.07. The molecule has 0 radical (unpaired) electrons. The van der Waals surface area contributed by atoms with E-state index in [0.29, 0.717) is 27.9 Å². The summed E-state index contributed by atoms with van der Waals surface area (Å²) in [4.78, 5) is 38.7. The quantitative estimate of drug-likeness (QED) is 0.588. The van der Waals surface area contributed by atoms with Crippen molar-refractivity contribution in [2.24, 2.45) is 0 Å². The zero-order valence-corrected chi connectivity index (χ0v) is 18.9. The largest absolute Gasteiger partial charge is 0.493 e. The maximum absolute atomic E-state index is 12.7. The number of rotatable bonds is 8. The number of carbonyl (C=O) groups is 3. The lowest BCUT2D eigenvalue weighted by Gasteiger charge is -2.13. The highest BCUT2D eigenvalue weighted by molar-refractivity contribution is 8.18. The lowest BCUT2D eigenvalue weighted by molar-refractivity contribution is -0.124. The number of thioether (sulfide) groups is 1. The number of hydrogen-bond acceptors (Lipinski definition) is 8. The molecule has 3 amide bonds.